The van der Waals surface area contributed by atoms with Crippen molar-refractivity contribution in [3.63, 3.8) is 0 Å². The lowest BCUT2D eigenvalue weighted by Gasteiger charge is -2.11. The van der Waals surface area contributed by atoms with E-state index in [-0.39, 0.29) is 0 Å². The van der Waals surface area contributed by atoms with Crippen molar-refractivity contribution < 1.29 is 0 Å². The zero-order chi connectivity index (χ0) is 20.2. The molecule has 0 radical (unpaired) electrons. The first-order valence-electron chi connectivity index (χ1n) is 10.1. The molecule has 30 heavy (non-hydrogen) atoms. The Balaban J connectivity index is 1.67. The van der Waals surface area contributed by atoms with Gasteiger partial charge in [-0.05, 0) is 115 Å². The predicted molar refractivity (Wildman–Crippen MR) is 138 cm³/mol. The normalized spacial score (nSPS) is 11.9. The van der Waals surface area contributed by atoms with Crippen molar-refractivity contribution in [2.45, 2.75) is 9.79 Å². The molecular formula is C28H20S2. The van der Waals surface area contributed by atoms with Crippen LogP contribution in [0.15, 0.2) is 94.7 Å². The van der Waals surface area contributed by atoms with Gasteiger partial charge in [-0.3, -0.25) is 0 Å². The fraction of sp³-hybridized carbons (Fsp3) is 0.0714. The Kier molecular flexibility index (Phi) is 4.19. The van der Waals surface area contributed by atoms with Gasteiger partial charge < -0.3 is 0 Å². The van der Waals surface area contributed by atoms with Crippen LogP contribution in [0.3, 0.4) is 0 Å². The van der Waals surface area contributed by atoms with Crippen molar-refractivity contribution in [1.82, 2.24) is 0 Å². The van der Waals surface area contributed by atoms with Crippen molar-refractivity contribution in [2.75, 3.05) is 12.5 Å². The molecule has 144 valence electrons. The van der Waals surface area contributed by atoms with E-state index < -0.39 is 0 Å². The van der Waals surface area contributed by atoms with Crippen molar-refractivity contribution in [3.8, 4) is 0 Å². The van der Waals surface area contributed by atoms with Crippen LogP contribution < -0.4 is 0 Å². The minimum absolute atomic E-state index is 1.30. The third kappa shape index (κ3) is 2.79. The summed E-state index contributed by atoms with van der Waals surface area (Å²) >= 11 is 3.59. The lowest BCUT2D eigenvalue weighted by Crippen LogP contribution is -1.84. The molecule has 0 spiro atoms. The summed E-state index contributed by atoms with van der Waals surface area (Å²) in [5, 5.41) is 13.2. The average molecular weight is 421 g/mol. The minimum atomic E-state index is 1.30. The van der Waals surface area contributed by atoms with E-state index in [4.69, 9.17) is 0 Å². The number of benzene rings is 6. The van der Waals surface area contributed by atoms with E-state index >= 15 is 0 Å². The van der Waals surface area contributed by atoms with Gasteiger partial charge in [0.15, 0.2) is 0 Å². The predicted octanol–water partition coefficient (Wildman–Crippen LogP) is 8.90. The molecule has 6 rings (SSSR count). The summed E-state index contributed by atoms with van der Waals surface area (Å²) in [4.78, 5) is 2.62. The molecule has 6 aromatic rings. The van der Waals surface area contributed by atoms with E-state index in [1.165, 1.54) is 63.7 Å². The SMILES string of the molecule is CSc1ccc2cc3c(ccc4c5cc6ccc(SC)cc6cc5ccc34)cc2c1. The molecule has 0 saturated heterocycles. The largest absolute Gasteiger partial charge is 0.130 e. The van der Waals surface area contributed by atoms with Crippen LogP contribution in [-0.4, -0.2) is 12.5 Å². The monoisotopic (exact) mass is 420 g/mol. The molecule has 0 nitrogen and oxygen atoms in total. The number of fused-ring (bicyclic) bond motifs is 7. The second kappa shape index (κ2) is 6.94. The molecule has 6 aromatic carbocycles. The fourth-order valence-electron chi connectivity index (χ4n) is 4.58. The van der Waals surface area contributed by atoms with Crippen LogP contribution in [0.2, 0.25) is 0 Å². The standard InChI is InChI=1S/C28H20S2/c1-29-23-7-3-17-15-27-19(11-21(17)13-23)5-9-26-25(27)10-6-20-12-22-14-24(30-2)8-4-18(22)16-28(20)26/h3-16H,1-2H3. The van der Waals surface area contributed by atoms with Crippen molar-refractivity contribution in [3.05, 3.63) is 84.9 Å². The summed E-state index contributed by atoms with van der Waals surface area (Å²) in [7, 11) is 0. The first-order chi connectivity index (χ1) is 14.7. The summed E-state index contributed by atoms with van der Waals surface area (Å²) in [6.07, 6.45) is 4.26. The third-order valence-corrected chi connectivity index (χ3v) is 7.61. The van der Waals surface area contributed by atoms with Gasteiger partial charge in [0.2, 0.25) is 0 Å². The summed E-state index contributed by atoms with van der Waals surface area (Å²) in [6.45, 7) is 0. The van der Waals surface area contributed by atoms with Gasteiger partial charge in [0, 0.05) is 9.79 Å². The van der Waals surface area contributed by atoms with E-state index in [1.54, 1.807) is 23.5 Å². The molecule has 0 bridgehead atoms. The highest BCUT2D eigenvalue weighted by Gasteiger charge is 2.08. The number of hydrogen-bond acceptors (Lipinski definition) is 2. The maximum absolute atomic E-state index is 2.36. The molecule has 0 saturated carbocycles. The van der Waals surface area contributed by atoms with Gasteiger partial charge in [0.1, 0.15) is 0 Å². The van der Waals surface area contributed by atoms with Gasteiger partial charge in [-0.25, -0.2) is 0 Å². The Labute approximate surface area is 184 Å². The first kappa shape index (κ1) is 18.1. The summed E-state index contributed by atoms with van der Waals surface area (Å²) < 4.78 is 0. The van der Waals surface area contributed by atoms with Crippen LogP contribution in [0, 0.1) is 0 Å². The van der Waals surface area contributed by atoms with Gasteiger partial charge >= 0.3 is 0 Å². The maximum atomic E-state index is 2.36. The van der Waals surface area contributed by atoms with E-state index in [1.807, 2.05) is 0 Å². The van der Waals surface area contributed by atoms with Gasteiger partial charge in [0.25, 0.3) is 0 Å². The highest BCUT2D eigenvalue weighted by atomic mass is 32.2. The van der Waals surface area contributed by atoms with Gasteiger partial charge in [0.05, 0.1) is 0 Å². The van der Waals surface area contributed by atoms with Crippen LogP contribution in [0.25, 0.3) is 53.9 Å². The van der Waals surface area contributed by atoms with Crippen LogP contribution in [-0.2, 0) is 0 Å². The molecule has 0 atom stereocenters. The summed E-state index contributed by atoms with van der Waals surface area (Å²) in [5.41, 5.74) is 0. The van der Waals surface area contributed by atoms with Crippen LogP contribution in [0.4, 0.5) is 0 Å². The highest BCUT2D eigenvalue weighted by Crippen LogP contribution is 2.36. The molecule has 0 amide bonds. The molecule has 2 heteroatoms. The average Bonchev–Trinajstić information content (AvgIpc) is 2.80. The Morgan fingerprint density at radius 1 is 0.367 bits per heavy atom. The zero-order valence-electron chi connectivity index (χ0n) is 16.9. The molecule has 0 unspecified atom stereocenters. The molecular weight excluding hydrogens is 400 g/mol. The summed E-state index contributed by atoms with van der Waals surface area (Å²) in [5.74, 6) is 0. The Morgan fingerprint density at radius 3 is 1.23 bits per heavy atom. The first-order valence-corrected chi connectivity index (χ1v) is 12.5. The van der Waals surface area contributed by atoms with E-state index in [0.29, 0.717) is 0 Å². The zero-order valence-corrected chi connectivity index (χ0v) is 18.5. The molecule has 0 aliphatic carbocycles. The lowest BCUT2D eigenvalue weighted by molar-refractivity contribution is 1.52. The topological polar surface area (TPSA) is 0 Å². The third-order valence-electron chi connectivity index (χ3n) is 6.16. The second-order valence-electron chi connectivity index (χ2n) is 7.80. The molecule has 0 aliphatic heterocycles. The quantitative estimate of drug-likeness (QED) is 0.156. The van der Waals surface area contributed by atoms with Gasteiger partial charge in [-0.2, -0.15) is 0 Å². The molecule has 0 N–H and O–H groups in total. The van der Waals surface area contributed by atoms with E-state index in [0.717, 1.165) is 0 Å². The van der Waals surface area contributed by atoms with Gasteiger partial charge in [-0.15, -0.1) is 23.5 Å². The van der Waals surface area contributed by atoms with Crippen molar-refractivity contribution in [2.24, 2.45) is 0 Å². The van der Waals surface area contributed by atoms with Gasteiger partial charge in [-0.1, -0.05) is 36.4 Å². The smallest absolute Gasteiger partial charge is 0.00755 e. The lowest BCUT2D eigenvalue weighted by atomic mass is 9.94. The maximum Gasteiger partial charge on any atom is 0.00755 e. The van der Waals surface area contributed by atoms with Crippen LogP contribution in [0.1, 0.15) is 0 Å². The van der Waals surface area contributed by atoms with Crippen molar-refractivity contribution in [1.29, 1.82) is 0 Å². The van der Waals surface area contributed by atoms with Crippen LogP contribution in [0.5, 0.6) is 0 Å². The Morgan fingerprint density at radius 2 is 0.800 bits per heavy atom. The van der Waals surface area contributed by atoms with E-state index in [9.17, 15) is 0 Å². The molecule has 0 aromatic heterocycles. The Hall–Kier alpha value is -2.68. The highest BCUT2D eigenvalue weighted by molar-refractivity contribution is 7.98. The molecule has 0 aliphatic rings. The minimum Gasteiger partial charge on any atom is -0.130 e. The molecule has 0 heterocycles. The number of hydrogen-bond donors (Lipinski definition) is 0. The Bertz CT molecular complexity index is 1490. The fourth-order valence-corrected chi connectivity index (χ4v) is 5.48. The number of thioether (sulfide) groups is 2. The van der Waals surface area contributed by atoms with Crippen molar-refractivity contribution >= 4 is 77.4 Å². The van der Waals surface area contributed by atoms with Crippen LogP contribution >= 0.6 is 23.5 Å². The van der Waals surface area contributed by atoms with E-state index in [2.05, 4.69) is 97.4 Å². The number of rotatable bonds is 2. The second-order valence-corrected chi connectivity index (χ2v) is 9.56. The molecule has 0 fully saturated rings. The summed E-state index contributed by atoms with van der Waals surface area (Å²) in [6, 6.07) is 32.0.